The maximum atomic E-state index is 6.12. The number of fused-ring (bicyclic) bond motifs is 1. The summed E-state index contributed by atoms with van der Waals surface area (Å²) < 4.78 is 11.9. The minimum absolute atomic E-state index is 0.0301. The second-order valence-electron chi connectivity index (χ2n) is 6.06. The predicted octanol–water partition coefficient (Wildman–Crippen LogP) is 3.41. The van der Waals surface area contributed by atoms with Crippen LogP contribution in [0.4, 0.5) is 0 Å². The zero-order valence-electron chi connectivity index (χ0n) is 11.3. The highest BCUT2D eigenvalue weighted by molar-refractivity contribution is 5.17. The van der Waals surface area contributed by atoms with Crippen molar-refractivity contribution in [2.24, 2.45) is 11.8 Å². The van der Waals surface area contributed by atoms with E-state index < -0.39 is 0 Å². The first-order valence-electron chi connectivity index (χ1n) is 7.00. The second-order valence-corrected chi connectivity index (χ2v) is 6.06. The Kier molecular flexibility index (Phi) is 3.16. The molecule has 0 N–H and O–H groups in total. The highest BCUT2D eigenvalue weighted by Gasteiger charge is 2.50. The highest BCUT2D eigenvalue weighted by atomic mass is 16.7. The Morgan fingerprint density at radius 3 is 2.78 bits per heavy atom. The Morgan fingerprint density at radius 1 is 1.22 bits per heavy atom. The minimum Gasteiger partial charge on any atom is -0.352 e. The van der Waals surface area contributed by atoms with E-state index in [1.807, 2.05) is 0 Å². The molecule has 2 heteroatoms. The summed E-state index contributed by atoms with van der Waals surface area (Å²) in [5, 5.41) is 0. The lowest BCUT2D eigenvalue weighted by molar-refractivity contribution is -0.184. The van der Waals surface area contributed by atoms with Crippen LogP contribution in [0.2, 0.25) is 0 Å². The molecular weight excluding hydrogens is 224 g/mol. The molecule has 0 radical (unpaired) electrons. The molecule has 1 aromatic rings. The zero-order valence-corrected chi connectivity index (χ0v) is 11.3. The molecule has 0 saturated carbocycles. The van der Waals surface area contributed by atoms with E-state index in [1.165, 1.54) is 18.4 Å². The van der Waals surface area contributed by atoms with Gasteiger partial charge in [-0.15, -0.1) is 0 Å². The number of hydrogen-bond donors (Lipinski definition) is 0. The number of hydrogen-bond acceptors (Lipinski definition) is 2. The third kappa shape index (κ3) is 2.19. The van der Waals surface area contributed by atoms with Crippen molar-refractivity contribution in [2.75, 3.05) is 6.61 Å². The van der Waals surface area contributed by atoms with Crippen LogP contribution in [0.1, 0.15) is 32.3 Å². The van der Waals surface area contributed by atoms with Crippen molar-refractivity contribution < 1.29 is 9.47 Å². The summed E-state index contributed by atoms with van der Waals surface area (Å²) in [6.45, 7) is 5.28. The van der Waals surface area contributed by atoms with E-state index in [4.69, 9.17) is 9.47 Å². The lowest BCUT2D eigenvalue weighted by atomic mass is 9.76. The lowest BCUT2D eigenvalue weighted by Gasteiger charge is -2.29. The monoisotopic (exact) mass is 246 g/mol. The topological polar surface area (TPSA) is 18.5 Å². The maximum absolute atomic E-state index is 6.12. The van der Waals surface area contributed by atoms with Gasteiger partial charge in [0.2, 0.25) is 0 Å². The highest BCUT2D eigenvalue weighted by Crippen LogP contribution is 2.46. The average molecular weight is 246 g/mol. The van der Waals surface area contributed by atoms with Crippen LogP contribution >= 0.6 is 0 Å². The normalized spacial score (nSPS) is 34.2. The molecule has 2 nitrogen and oxygen atoms in total. The van der Waals surface area contributed by atoms with Crippen LogP contribution in [0.15, 0.2) is 30.3 Å². The first-order chi connectivity index (χ1) is 8.67. The summed E-state index contributed by atoms with van der Waals surface area (Å²) in [6.07, 6.45) is 3.54. The van der Waals surface area contributed by atoms with Gasteiger partial charge in [-0.2, -0.15) is 0 Å². The van der Waals surface area contributed by atoms with E-state index >= 15 is 0 Å². The molecule has 2 aliphatic rings. The van der Waals surface area contributed by atoms with Gasteiger partial charge in [0.1, 0.15) is 0 Å². The van der Waals surface area contributed by atoms with E-state index in [-0.39, 0.29) is 11.9 Å². The van der Waals surface area contributed by atoms with Crippen LogP contribution in [-0.4, -0.2) is 18.5 Å². The standard InChI is InChI=1S/C16H22O2/c1-16(2)14(11-12-7-4-3-5-8-12)13-9-6-10-17-15(13)18-16/h3-5,7-8,13-15H,6,9-11H2,1-2H3/t13?,14-,15?/m0/s1. The van der Waals surface area contributed by atoms with Crippen LogP contribution in [0.25, 0.3) is 0 Å². The maximum Gasteiger partial charge on any atom is 0.161 e. The van der Waals surface area contributed by atoms with E-state index in [2.05, 4.69) is 44.2 Å². The van der Waals surface area contributed by atoms with Crippen LogP contribution in [0.5, 0.6) is 0 Å². The Labute approximate surface area is 109 Å². The molecule has 2 unspecified atom stereocenters. The molecule has 0 amide bonds. The summed E-state index contributed by atoms with van der Waals surface area (Å²) >= 11 is 0. The Hall–Kier alpha value is -0.860. The van der Waals surface area contributed by atoms with Gasteiger partial charge in [0, 0.05) is 12.5 Å². The van der Waals surface area contributed by atoms with Crippen molar-refractivity contribution in [2.45, 2.75) is 45.0 Å². The molecule has 3 atom stereocenters. The van der Waals surface area contributed by atoms with Crippen LogP contribution in [0.3, 0.4) is 0 Å². The molecule has 0 bridgehead atoms. The van der Waals surface area contributed by atoms with Crippen molar-refractivity contribution in [1.82, 2.24) is 0 Å². The minimum atomic E-state index is -0.0739. The Morgan fingerprint density at radius 2 is 2.00 bits per heavy atom. The molecule has 2 aliphatic heterocycles. The SMILES string of the molecule is CC1(C)OC2OCCCC2[C@@H]1Cc1ccccc1. The third-order valence-corrected chi connectivity index (χ3v) is 4.44. The molecule has 18 heavy (non-hydrogen) atoms. The number of benzene rings is 1. The summed E-state index contributed by atoms with van der Waals surface area (Å²) in [7, 11) is 0. The fraction of sp³-hybridized carbons (Fsp3) is 0.625. The number of ether oxygens (including phenoxy) is 2. The van der Waals surface area contributed by atoms with E-state index in [9.17, 15) is 0 Å². The molecule has 0 spiro atoms. The quantitative estimate of drug-likeness (QED) is 0.796. The molecule has 0 aliphatic carbocycles. The van der Waals surface area contributed by atoms with E-state index in [0.717, 1.165) is 13.0 Å². The van der Waals surface area contributed by atoms with E-state index in [1.54, 1.807) is 0 Å². The average Bonchev–Trinajstić information content (AvgIpc) is 2.62. The van der Waals surface area contributed by atoms with Crippen LogP contribution < -0.4 is 0 Å². The molecule has 1 aromatic carbocycles. The second kappa shape index (κ2) is 4.67. The van der Waals surface area contributed by atoms with Crippen LogP contribution in [-0.2, 0) is 15.9 Å². The zero-order chi connectivity index (χ0) is 12.6. The van der Waals surface area contributed by atoms with Gasteiger partial charge in [-0.05, 0) is 44.6 Å². The molecule has 2 saturated heterocycles. The molecule has 3 rings (SSSR count). The van der Waals surface area contributed by atoms with Gasteiger partial charge < -0.3 is 9.47 Å². The van der Waals surface area contributed by atoms with Gasteiger partial charge in [0.25, 0.3) is 0 Å². The van der Waals surface area contributed by atoms with Gasteiger partial charge in [-0.25, -0.2) is 0 Å². The Balaban J connectivity index is 1.80. The first kappa shape index (κ1) is 12.2. The van der Waals surface area contributed by atoms with Crippen molar-refractivity contribution in [3.63, 3.8) is 0 Å². The molecular formula is C16H22O2. The first-order valence-corrected chi connectivity index (χ1v) is 7.00. The molecule has 0 aromatic heterocycles. The predicted molar refractivity (Wildman–Crippen MR) is 71.3 cm³/mol. The summed E-state index contributed by atoms with van der Waals surface area (Å²) in [6, 6.07) is 10.7. The van der Waals surface area contributed by atoms with Gasteiger partial charge >= 0.3 is 0 Å². The van der Waals surface area contributed by atoms with Gasteiger partial charge in [-0.1, -0.05) is 30.3 Å². The van der Waals surface area contributed by atoms with Crippen molar-refractivity contribution in [3.8, 4) is 0 Å². The third-order valence-electron chi connectivity index (χ3n) is 4.44. The van der Waals surface area contributed by atoms with Crippen LogP contribution in [0, 0.1) is 11.8 Å². The molecule has 2 fully saturated rings. The van der Waals surface area contributed by atoms with Gasteiger partial charge in [-0.3, -0.25) is 0 Å². The molecule has 98 valence electrons. The summed E-state index contributed by atoms with van der Waals surface area (Å²) in [5.41, 5.74) is 1.33. The summed E-state index contributed by atoms with van der Waals surface area (Å²) in [4.78, 5) is 0. The van der Waals surface area contributed by atoms with Gasteiger partial charge in [0.05, 0.1) is 5.60 Å². The van der Waals surface area contributed by atoms with Crippen molar-refractivity contribution in [3.05, 3.63) is 35.9 Å². The van der Waals surface area contributed by atoms with Gasteiger partial charge in [0.15, 0.2) is 6.29 Å². The molecule has 2 heterocycles. The summed E-state index contributed by atoms with van der Waals surface area (Å²) in [5.74, 6) is 1.12. The largest absolute Gasteiger partial charge is 0.352 e. The lowest BCUT2D eigenvalue weighted by Crippen LogP contribution is -2.32. The smallest absolute Gasteiger partial charge is 0.161 e. The van der Waals surface area contributed by atoms with Crippen molar-refractivity contribution >= 4 is 0 Å². The fourth-order valence-electron chi connectivity index (χ4n) is 3.46. The van der Waals surface area contributed by atoms with E-state index in [0.29, 0.717) is 11.8 Å². The number of rotatable bonds is 2. The Bertz CT molecular complexity index is 399. The fourth-order valence-corrected chi connectivity index (χ4v) is 3.46. The van der Waals surface area contributed by atoms with Crippen molar-refractivity contribution in [1.29, 1.82) is 0 Å².